The number of aliphatic hydroxyl groups is 1. The van der Waals surface area contributed by atoms with Gasteiger partial charge in [-0.2, -0.15) is 0 Å². The number of nitrogens with zero attached hydrogens (tertiary/aromatic N) is 3. The Labute approximate surface area is 203 Å². The number of aromatic nitrogens is 2. The molecule has 188 valence electrons. The molecule has 1 N–H and O–H groups in total. The van der Waals surface area contributed by atoms with Gasteiger partial charge >= 0.3 is 0 Å². The Bertz CT molecular complexity index is 1010. The van der Waals surface area contributed by atoms with Crippen molar-refractivity contribution in [3.05, 3.63) is 24.0 Å². The Hall–Kier alpha value is -2.41. The number of amides is 1. The van der Waals surface area contributed by atoms with E-state index in [4.69, 9.17) is 9.72 Å². The molecular formula is C27H41N3O4. The highest BCUT2D eigenvalue weighted by atomic mass is 16.5. The number of rotatable bonds is 9. The average molecular weight is 472 g/mol. The van der Waals surface area contributed by atoms with Crippen LogP contribution in [0.3, 0.4) is 0 Å². The minimum absolute atomic E-state index is 0.0166. The maximum atomic E-state index is 13.8. The lowest BCUT2D eigenvalue weighted by molar-refractivity contribution is -0.131. The second-order valence-corrected chi connectivity index (χ2v) is 11.2. The molecule has 1 heterocycles. The van der Waals surface area contributed by atoms with Gasteiger partial charge in [0.05, 0.1) is 18.1 Å². The zero-order valence-electron chi connectivity index (χ0n) is 21.7. The first kappa shape index (κ1) is 26.2. The predicted molar refractivity (Wildman–Crippen MR) is 134 cm³/mol. The Kier molecular flexibility index (Phi) is 8.06. The monoisotopic (exact) mass is 471 g/mol. The van der Waals surface area contributed by atoms with Crippen LogP contribution in [0.5, 0.6) is 5.75 Å². The van der Waals surface area contributed by atoms with Gasteiger partial charge in [-0.05, 0) is 62.5 Å². The molecule has 0 spiro atoms. The summed E-state index contributed by atoms with van der Waals surface area (Å²) in [6.45, 7) is 12.0. The van der Waals surface area contributed by atoms with Gasteiger partial charge in [0.2, 0.25) is 11.7 Å². The molecule has 1 amide bonds. The lowest BCUT2D eigenvalue weighted by Gasteiger charge is -2.35. The summed E-state index contributed by atoms with van der Waals surface area (Å²) < 4.78 is 7.20. The Balaban J connectivity index is 1.96. The summed E-state index contributed by atoms with van der Waals surface area (Å²) >= 11 is 0. The fourth-order valence-electron chi connectivity index (χ4n) is 4.72. The quantitative estimate of drug-likeness (QED) is 0.536. The molecule has 1 aromatic heterocycles. The molecule has 7 nitrogen and oxygen atoms in total. The van der Waals surface area contributed by atoms with Crippen molar-refractivity contribution in [1.29, 1.82) is 0 Å². The van der Waals surface area contributed by atoms with E-state index in [0.717, 1.165) is 24.8 Å². The molecule has 1 aliphatic carbocycles. The number of carbonyl (C=O) groups excluding carboxylic acids is 2. The summed E-state index contributed by atoms with van der Waals surface area (Å²) in [5.74, 6) is 1.22. The number of carbonyl (C=O) groups is 2. The van der Waals surface area contributed by atoms with Crippen LogP contribution in [-0.4, -0.2) is 58.1 Å². The predicted octanol–water partition coefficient (Wildman–Crippen LogP) is 4.70. The third kappa shape index (κ3) is 5.80. The smallest absolute Gasteiger partial charge is 0.242 e. The molecule has 1 saturated carbocycles. The number of imidazole rings is 1. The summed E-state index contributed by atoms with van der Waals surface area (Å²) in [4.78, 5) is 33.8. The molecule has 3 rings (SSSR count). The van der Waals surface area contributed by atoms with E-state index in [1.54, 1.807) is 11.7 Å². The first-order chi connectivity index (χ1) is 16.0. The van der Waals surface area contributed by atoms with Gasteiger partial charge in [0.1, 0.15) is 12.3 Å². The number of hydrogen-bond acceptors (Lipinski definition) is 5. The normalized spacial score (nSPS) is 21.0. The number of ketones is 1. The first-order valence-electron chi connectivity index (χ1n) is 12.5. The summed E-state index contributed by atoms with van der Waals surface area (Å²) in [5.41, 5.74) is 0.999. The van der Waals surface area contributed by atoms with Crippen LogP contribution in [0, 0.1) is 16.7 Å². The summed E-state index contributed by atoms with van der Waals surface area (Å²) in [5, 5.41) is 9.52. The molecule has 2 aromatic rings. The number of methoxy groups -OCH3 is 1. The van der Waals surface area contributed by atoms with Crippen LogP contribution in [0.2, 0.25) is 0 Å². The van der Waals surface area contributed by atoms with E-state index in [1.165, 1.54) is 0 Å². The van der Waals surface area contributed by atoms with E-state index in [2.05, 4.69) is 20.8 Å². The lowest BCUT2D eigenvalue weighted by atomic mass is 9.69. The Morgan fingerprint density at radius 3 is 2.50 bits per heavy atom. The topological polar surface area (TPSA) is 84.7 Å². The zero-order chi connectivity index (χ0) is 25.1. The van der Waals surface area contributed by atoms with E-state index in [-0.39, 0.29) is 36.2 Å². The first-order valence-corrected chi connectivity index (χ1v) is 12.5. The van der Waals surface area contributed by atoms with Crippen molar-refractivity contribution in [2.24, 2.45) is 16.7 Å². The number of ether oxygens (including phenoxy) is 1. The zero-order valence-corrected chi connectivity index (χ0v) is 21.7. The van der Waals surface area contributed by atoms with Gasteiger partial charge in [-0.15, -0.1) is 0 Å². The van der Waals surface area contributed by atoms with Gasteiger partial charge in [-0.1, -0.05) is 27.7 Å². The standard InChI is InChI=1S/C27H41N3O4/c1-7-29(15-14-26(2,3)4)23(32)17-30-22-16-20(34-6)8-9-21(22)28-25(30)24(33)27(5)12-10-19(18-31)11-13-27/h8-9,16,19,31H,7,10-15,17-18H2,1-6H3. The van der Waals surface area contributed by atoms with Crippen molar-refractivity contribution >= 4 is 22.7 Å². The molecule has 0 unspecified atom stereocenters. The van der Waals surface area contributed by atoms with Crippen molar-refractivity contribution in [3.63, 3.8) is 0 Å². The molecule has 0 aliphatic heterocycles. The third-order valence-corrected chi connectivity index (χ3v) is 7.33. The highest BCUT2D eigenvalue weighted by molar-refractivity contribution is 6.01. The summed E-state index contributed by atoms with van der Waals surface area (Å²) in [6, 6.07) is 5.52. The SMILES string of the molecule is CCN(CCC(C)(C)C)C(=O)Cn1c(C(=O)C2(C)CCC(CO)CC2)nc2ccc(OC)cc21. The van der Waals surface area contributed by atoms with Gasteiger partial charge in [0, 0.05) is 31.2 Å². The molecule has 1 aliphatic rings. The van der Waals surface area contributed by atoms with Gasteiger partial charge in [-0.25, -0.2) is 4.98 Å². The van der Waals surface area contributed by atoms with E-state index < -0.39 is 5.41 Å². The van der Waals surface area contributed by atoms with Crippen LogP contribution < -0.4 is 4.74 Å². The lowest BCUT2D eigenvalue weighted by Crippen LogP contribution is -2.38. The van der Waals surface area contributed by atoms with E-state index in [9.17, 15) is 14.7 Å². The van der Waals surface area contributed by atoms with Crippen LogP contribution in [0.15, 0.2) is 18.2 Å². The maximum Gasteiger partial charge on any atom is 0.242 e. The molecule has 0 saturated heterocycles. The van der Waals surface area contributed by atoms with Crippen LogP contribution >= 0.6 is 0 Å². The molecule has 0 radical (unpaired) electrons. The van der Waals surface area contributed by atoms with Crippen molar-refractivity contribution < 1.29 is 19.4 Å². The second kappa shape index (κ2) is 10.5. The molecular weight excluding hydrogens is 430 g/mol. The number of benzene rings is 1. The molecule has 1 aromatic carbocycles. The Morgan fingerprint density at radius 1 is 1.26 bits per heavy atom. The number of fused-ring (bicyclic) bond motifs is 1. The highest BCUT2D eigenvalue weighted by Gasteiger charge is 2.40. The molecule has 0 atom stereocenters. The van der Waals surface area contributed by atoms with Crippen LogP contribution in [0.1, 0.15) is 77.3 Å². The highest BCUT2D eigenvalue weighted by Crippen LogP contribution is 2.41. The van der Waals surface area contributed by atoms with Crippen molar-refractivity contribution in [3.8, 4) is 5.75 Å². The molecule has 1 fully saturated rings. The maximum absolute atomic E-state index is 13.8. The van der Waals surface area contributed by atoms with E-state index in [0.29, 0.717) is 43.0 Å². The fraction of sp³-hybridized carbons (Fsp3) is 0.667. The van der Waals surface area contributed by atoms with Crippen molar-refractivity contribution in [1.82, 2.24) is 14.5 Å². The summed E-state index contributed by atoms with van der Waals surface area (Å²) in [7, 11) is 1.60. The largest absolute Gasteiger partial charge is 0.497 e. The average Bonchev–Trinajstić information content (AvgIpc) is 3.15. The number of hydrogen-bond donors (Lipinski definition) is 1. The number of Topliss-reactive ketones (excluding diaryl/α,β-unsaturated/α-hetero) is 1. The van der Waals surface area contributed by atoms with Gasteiger partial charge < -0.3 is 19.3 Å². The van der Waals surface area contributed by atoms with Gasteiger partial charge in [0.25, 0.3) is 0 Å². The van der Waals surface area contributed by atoms with Gasteiger partial charge in [-0.3, -0.25) is 9.59 Å². The summed E-state index contributed by atoms with van der Waals surface area (Å²) in [6.07, 6.45) is 3.97. The molecule has 34 heavy (non-hydrogen) atoms. The number of aliphatic hydroxyl groups excluding tert-OH is 1. The minimum Gasteiger partial charge on any atom is -0.497 e. The van der Waals surface area contributed by atoms with Crippen LogP contribution in [0.25, 0.3) is 11.0 Å². The fourth-order valence-corrected chi connectivity index (χ4v) is 4.72. The van der Waals surface area contributed by atoms with Crippen molar-refractivity contribution in [2.75, 3.05) is 26.8 Å². The third-order valence-electron chi connectivity index (χ3n) is 7.33. The second-order valence-electron chi connectivity index (χ2n) is 11.2. The number of likely N-dealkylation sites (N-methyl/N-ethyl adjacent to an activating group) is 1. The van der Waals surface area contributed by atoms with E-state index in [1.807, 2.05) is 36.9 Å². The van der Waals surface area contributed by atoms with Crippen LogP contribution in [-0.2, 0) is 11.3 Å². The van der Waals surface area contributed by atoms with Crippen LogP contribution in [0.4, 0.5) is 0 Å². The Morgan fingerprint density at radius 2 is 1.94 bits per heavy atom. The molecule has 7 heteroatoms. The molecule has 0 bridgehead atoms. The minimum atomic E-state index is -0.547. The van der Waals surface area contributed by atoms with E-state index >= 15 is 0 Å². The van der Waals surface area contributed by atoms with Crippen molar-refractivity contribution in [2.45, 2.75) is 73.3 Å². The van der Waals surface area contributed by atoms with Gasteiger partial charge in [0.15, 0.2) is 5.82 Å².